The van der Waals surface area contributed by atoms with Gasteiger partial charge in [0.05, 0.1) is 11.1 Å². The molecule has 1 aliphatic carbocycles. The lowest BCUT2D eigenvalue weighted by molar-refractivity contribution is 0.0564. The van der Waals surface area contributed by atoms with Crippen LogP contribution in [0.5, 0.6) is 0 Å². The van der Waals surface area contributed by atoms with Crippen molar-refractivity contribution in [1.82, 2.24) is 10.3 Å². The van der Waals surface area contributed by atoms with E-state index in [1.54, 1.807) is 12.1 Å². The number of carbonyl (C=O) groups is 2. The first kappa shape index (κ1) is 23.0. The minimum absolute atomic E-state index is 0.103. The maximum atomic E-state index is 12.7. The standard InChI is InChI=1S/C25H26N4O3S/c1-24(2,3)32-23(31)28-22-29-25(13-19(25)9-10-33-22)18-6-4-5-16(11-18)12-21(30)20-8-7-17(14-26)15-27-20/h4-8,11,15,19H,9-10,12-13H2,1-3H3,(H,28,29,31)/t19-,25-/m1/s1. The summed E-state index contributed by atoms with van der Waals surface area (Å²) in [6.45, 7) is 5.48. The van der Waals surface area contributed by atoms with Gasteiger partial charge in [-0.05, 0) is 62.8 Å². The fourth-order valence-corrected chi connectivity index (χ4v) is 5.01. The van der Waals surface area contributed by atoms with Crippen LogP contribution < -0.4 is 5.32 Å². The van der Waals surface area contributed by atoms with Gasteiger partial charge in [-0.2, -0.15) is 5.26 Å². The number of thioether (sulfide) groups is 1. The fourth-order valence-electron chi connectivity index (χ4n) is 4.03. The Labute approximate surface area is 197 Å². The van der Waals surface area contributed by atoms with Crippen molar-refractivity contribution in [2.45, 2.75) is 51.2 Å². The number of Topliss-reactive ketones (excluding diaryl/α,β-unsaturated/α-hetero) is 1. The molecule has 170 valence electrons. The molecule has 0 unspecified atom stereocenters. The number of nitrogens with one attached hydrogen (secondary N) is 1. The molecule has 1 N–H and O–H groups in total. The molecule has 1 aliphatic heterocycles. The van der Waals surface area contributed by atoms with Crippen LogP contribution in [0.2, 0.25) is 0 Å². The van der Waals surface area contributed by atoms with Crippen LogP contribution in [0.3, 0.4) is 0 Å². The van der Waals surface area contributed by atoms with Gasteiger partial charge in [-0.25, -0.2) is 4.79 Å². The molecule has 0 saturated heterocycles. The van der Waals surface area contributed by atoms with Gasteiger partial charge >= 0.3 is 6.09 Å². The molecule has 7 nitrogen and oxygen atoms in total. The van der Waals surface area contributed by atoms with E-state index in [-0.39, 0.29) is 17.7 Å². The number of ether oxygens (including phenoxy) is 1. The molecule has 1 saturated carbocycles. The van der Waals surface area contributed by atoms with Crippen molar-refractivity contribution in [3.8, 4) is 6.07 Å². The molecule has 1 fully saturated rings. The third kappa shape index (κ3) is 5.42. The van der Waals surface area contributed by atoms with Gasteiger partial charge in [-0.1, -0.05) is 36.0 Å². The summed E-state index contributed by atoms with van der Waals surface area (Å²) in [4.78, 5) is 34.0. The number of hydrogen-bond acceptors (Lipinski definition) is 7. The van der Waals surface area contributed by atoms with Gasteiger partial charge in [-0.15, -0.1) is 0 Å². The third-order valence-electron chi connectivity index (χ3n) is 5.66. The third-order valence-corrected chi connectivity index (χ3v) is 6.56. The van der Waals surface area contributed by atoms with E-state index < -0.39 is 11.7 Å². The topological polar surface area (TPSA) is 104 Å². The number of rotatable bonds is 4. The fraction of sp³-hybridized carbons (Fsp3) is 0.400. The van der Waals surface area contributed by atoms with E-state index in [2.05, 4.69) is 10.3 Å². The van der Waals surface area contributed by atoms with Crippen LogP contribution in [-0.2, 0) is 16.7 Å². The summed E-state index contributed by atoms with van der Waals surface area (Å²) in [5.74, 6) is 1.19. The van der Waals surface area contributed by atoms with Crippen molar-refractivity contribution in [3.63, 3.8) is 0 Å². The van der Waals surface area contributed by atoms with Crippen molar-refractivity contribution in [3.05, 3.63) is 65.0 Å². The Morgan fingerprint density at radius 1 is 1.30 bits per heavy atom. The lowest BCUT2D eigenvalue weighted by atomic mass is 9.97. The predicted molar refractivity (Wildman–Crippen MR) is 127 cm³/mol. The van der Waals surface area contributed by atoms with Crippen LogP contribution in [0.15, 0.2) is 47.6 Å². The average molecular weight is 463 g/mol. The van der Waals surface area contributed by atoms with Gasteiger partial charge in [0.1, 0.15) is 17.4 Å². The number of hydrogen-bond donors (Lipinski definition) is 1. The largest absolute Gasteiger partial charge is 0.444 e. The van der Waals surface area contributed by atoms with Crippen LogP contribution >= 0.6 is 11.8 Å². The van der Waals surface area contributed by atoms with E-state index in [1.807, 2.05) is 51.1 Å². The van der Waals surface area contributed by atoms with E-state index >= 15 is 0 Å². The zero-order chi connectivity index (χ0) is 23.6. The maximum absolute atomic E-state index is 12.7. The Morgan fingerprint density at radius 3 is 2.82 bits per heavy atom. The van der Waals surface area contributed by atoms with Crippen molar-refractivity contribution >= 4 is 28.8 Å². The first-order valence-corrected chi connectivity index (χ1v) is 11.9. The highest BCUT2D eigenvalue weighted by Gasteiger charge is 2.56. The molecule has 1 aromatic carbocycles. The first-order chi connectivity index (χ1) is 15.7. The Kier molecular flexibility index (Phi) is 6.26. The van der Waals surface area contributed by atoms with Crippen LogP contribution in [-0.4, -0.2) is 33.4 Å². The number of ketones is 1. The Balaban J connectivity index is 1.52. The number of aromatic nitrogens is 1. The zero-order valence-electron chi connectivity index (χ0n) is 18.9. The lowest BCUT2D eigenvalue weighted by Gasteiger charge is -2.20. The van der Waals surface area contributed by atoms with E-state index in [0.29, 0.717) is 22.3 Å². The van der Waals surface area contributed by atoms with Crippen LogP contribution in [0.4, 0.5) is 4.79 Å². The molecule has 0 radical (unpaired) electrons. The lowest BCUT2D eigenvalue weighted by Crippen LogP contribution is -2.35. The molecule has 1 amide bonds. The van der Waals surface area contributed by atoms with Crippen LogP contribution in [0, 0.1) is 17.2 Å². The summed E-state index contributed by atoms with van der Waals surface area (Å²) in [5.41, 5.74) is 1.75. The van der Waals surface area contributed by atoms with E-state index in [4.69, 9.17) is 15.0 Å². The zero-order valence-corrected chi connectivity index (χ0v) is 19.7. The minimum Gasteiger partial charge on any atom is -0.444 e. The molecule has 8 heteroatoms. The number of pyridine rings is 1. The second kappa shape index (κ2) is 8.99. The van der Waals surface area contributed by atoms with Gasteiger partial charge in [0, 0.05) is 18.4 Å². The van der Waals surface area contributed by atoms with E-state index in [9.17, 15) is 9.59 Å². The van der Waals surface area contributed by atoms with Gasteiger partial charge in [-0.3, -0.25) is 20.1 Å². The van der Waals surface area contributed by atoms with Gasteiger partial charge in [0.15, 0.2) is 11.0 Å². The molecule has 2 aromatic rings. The quantitative estimate of drug-likeness (QED) is 0.665. The number of fused-ring (bicyclic) bond motifs is 1. The average Bonchev–Trinajstić information content (AvgIpc) is 3.47. The summed E-state index contributed by atoms with van der Waals surface area (Å²) < 4.78 is 5.38. The Bertz CT molecular complexity index is 1150. The van der Waals surface area contributed by atoms with Gasteiger partial charge < -0.3 is 4.74 Å². The Morgan fingerprint density at radius 2 is 2.12 bits per heavy atom. The highest BCUT2D eigenvalue weighted by Crippen LogP contribution is 2.59. The van der Waals surface area contributed by atoms with Crippen LogP contribution in [0.1, 0.15) is 60.8 Å². The number of nitrogens with zero attached hydrogens (tertiary/aromatic N) is 3. The summed E-state index contributed by atoms with van der Waals surface area (Å²) in [6, 6.07) is 13.1. The normalized spacial score (nSPS) is 21.6. The minimum atomic E-state index is -0.579. The summed E-state index contributed by atoms with van der Waals surface area (Å²) in [7, 11) is 0. The molecule has 4 rings (SSSR count). The van der Waals surface area contributed by atoms with Crippen molar-refractivity contribution in [2.75, 3.05) is 5.75 Å². The molecule has 0 spiro atoms. The molecule has 33 heavy (non-hydrogen) atoms. The first-order valence-electron chi connectivity index (χ1n) is 10.9. The molecule has 2 atom stereocenters. The number of carbonyl (C=O) groups excluding carboxylic acids is 2. The van der Waals surface area contributed by atoms with E-state index in [1.165, 1.54) is 18.0 Å². The SMILES string of the molecule is CC(C)(C)OC(=O)NC1=N[C@@]2(c3cccc(CC(=O)c4ccc(C#N)cn4)c3)C[C@H]2CCS1. The maximum Gasteiger partial charge on any atom is 0.413 e. The second-order valence-electron chi connectivity index (χ2n) is 9.35. The molecule has 2 aliphatic rings. The highest BCUT2D eigenvalue weighted by atomic mass is 32.2. The number of nitriles is 1. The number of alkyl carbamates (subject to hydrolysis) is 1. The van der Waals surface area contributed by atoms with E-state index in [0.717, 1.165) is 29.7 Å². The molecule has 2 heterocycles. The number of aliphatic imine (C=N–C) groups is 1. The summed E-state index contributed by atoms with van der Waals surface area (Å²) >= 11 is 1.53. The van der Waals surface area contributed by atoms with Crippen molar-refractivity contribution < 1.29 is 14.3 Å². The van der Waals surface area contributed by atoms with Crippen molar-refractivity contribution in [2.24, 2.45) is 10.9 Å². The summed E-state index contributed by atoms with van der Waals surface area (Å²) in [6.07, 6.45) is 3.05. The molecule has 0 bridgehead atoms. The number of benzene rings is 1. The molecule has 1 aromatic heterocycles. The smallest absolute Gasteiger partial charge is 0.413 e. The molecular formula is C25H26N4O3S. The van der Waals surface area contributed by atoms with Gasteiger partial charge in [0.2, 0.25) is 0 Å². The Hall–Kier alpha value is -3.18. The predicted octanol–water partition coefficient (Wildman–Crippen LogP) is 4.61. The monoisotopic (exact) mass is 462 g/mol. The van der Waals surface area contributed by atoms with Gasteiger partial charge in [0.25, 0.3) is 0 Å². The number of amides is 1. The second-order valence-corrected chi connectivity index (χ2v) is 10.4. The highest BCUT2D eigenvalue weighted by molar-refractivity contribution is 8.13. The number of amidine groups is 1. The van der Waals surface area contributed by atoms with Crippen molar-refractivity contribution in [1.29, 1.82) is 5.26 Å². The summed E-state index contributed by atoms with van der Waals surface area (Å²) in [5, 5.41) is 12.3. The van der Waals surface area contributed by atoms with Crippen LogP contribution in [0.25, 0.3) is 0 Å². The molecular weight excluding hydrogens is 436 g/mol.